The number of ether oxygens (including phenoxy) is 2. The fraction of sp³-hybridized carbons (Fsp3) is 0.308. The maximum absolute atomic E-state index is 13.1. The zero-order chi connectivity index (χ0) is 22.2. The molecule has 1 unspecified atom stereocenters. The van der Waals surface area contributed by atoms with Gasteiger partial charge in [-0.1, -0.05) is 60.2 Å². The predicted molar refractivity (Wildman–Crippen MR) is 125 cm³/mol. The number of hydrogen-bond acceptors (Lipinski definition) is 5. The third kappa shape index (κ3) is 6.15. The van der Waals surface area contributed by atoms with Gasteiger partial charge in [-0.15, -0.1) is 0 Å². The summed E-state index contributed by atoms with van der Waals surface area (Å²) in [7, 11) is 0. The Kier molecular flexibility index (Phi) is 7.48. The van der Waals surface area contributed by atoms with Gasteiger partial charge in [-0.05, 0) is 36.6 Å². The molecule has 0 aliphatic carbocycles. The molecular weight excluding hydrogens is 402 g/mol. The predicted octanol–water partition coefficient (Wildman–Crippen LogP) is 4.07. The molecule has 32 heavy (non-hydrogen) atoms. The number of rotatable bonds is 9. The first-order valence-corrected chi connectivity index (χ1v) is 11.0. The van der Waals surface area contributed by atoms with Crippen LogP contribution in [0.4, 0.5) is 5.82 Å². The van der Waals surface area contributed by atoms with Crippen LogP contribution in [0.3, 0.4) is 0 Å². The molecule has 0 radical (unpaired) electrons. The number of pyridine rings is 1. The summed E-state index contributed by atoms with van der Waals surface area (Å²) in [5, 5.41) is 6.33. The first-order chi connectivity index (χ1) is 15.7. The Bertz CT molecular complexity index is 985. The molecule has 2 N–H and O–H groups in total. The van der Waals surface area contributed by atoms with Crippen LogP contribution in [0.25, 0.3) is 0 Å². The van der Waals surface area contributed by atoms with Gasteiger partial charge in [0.1, 0.15) is 23.7 Å². The van der Waals surface area contributed by atoms with Crippen molar-refractivity contribution < 1.29 is 14.3 Å². The van der Waals surface area contributed by atoms with Crippen LogP contribution >= 0.6 is 0 Å². The Labute approximate surface area is 189 Å². The van der Waals surface area contributed by atoms with E-state index in [1.54, 1.807) is 12.3 Å². The van der Waals surface area contributed by atoms with Crippen LogP contribution in [0.2, 0.25) is 0 Å². The second kappa shape index (κ2) is 10.9. The molecule has 6 nitrogen and oxygen atoms in total. The van der Waals surface area contributed by atoms with E-state index in [2.05, 4.69) is 46.8 Å². The van der Waals surface area contributed by atoms with E-state index in [-0.39, 0.29) is 12.0 Å². The summed E-state index contributed by atoms with van der Waals surface area (Å²) < 4.78 is 11.2. The quantitative estimate of drug-likeness (QED) is 0.534. The lowest BCUT2D eigenvalue weighted by molar-refractivity contribution is -0.118. The summed E-state index contributed by atoms with van der Waals surface area (Å²) in [5.74, 6) is 1.02. The van der Waals surface area contributed by atoms with Crippen molar-refractivity contribution in [1.29, 1.82) is 0 Å². The smallest absolute Gasteiger partial charge is 0.247 e. The molecule has 0 saturated carbocycles. The van der Waals surface area contributed by atoms with Crippen molar-refractivity contribution in [2.45, 2.75) is 31.9 Å². The highest BCUT2D eigenvalue weighted by Gasteiger charge is 2.21. The third-order valence-electron chi connectivity index (χ3n) is 5.46. The van der Waals surface area contributed by atoms with Crippen LogP contribution in [-0.2, 0) is 16.0 Å². The van der Waals surface area contributed by atoms with Gasteiger partial charge in [-0.25, -0.2) is 4.98 Å². The molecular formula is C26H29N3O3. The highest BCUT2D eigenvalue weighted by atomic mass is 16.5. The van der Waals surface area contributed by atoms with Crippen LogP contribution in [0.1, 0.15) is 29.2 Å². The number of carbonyl (C=O) groups is 1. The number of aromatic nitrogens is 1. The molecule has 3 aromatic rings. The minimum atomic E-state index is -0.477. The molecule has 6 heteroatoms. The molecule has 2 atom stereocenters. The van der Waals surface area contributed by atoms with Gasteiger partial charge in [0.25, 0.3) is 0 Å². The minimum absolute atomic E-state index is 0.0671. The molecule has 0 spiro atoms. The van der Waals surface area contributed by atoms with Gasteiger partial charge >= 0.3 is 0 Å². The van der Waals surface area contributed by atoms with Crippen molar-refractivity contribution in [3.05, 3.63) is 89.6 Å². The SMILES string of the molecule is Cc1ccc(CCN[C@@H](C(=O)Nc2ccc(OC3CCOC3)cn2)c2ccccc2)cc1. The van der Waals surface area contributed by atoms with Crippen molar-refractivity contribution in [2.75, 3.05) is 25.1 Å². The zero-order valence-corrected chi connectivity index (χ0v) is 18.3. The highest BCUT2D eigenvalue weighted by Crippen LogP contribution is 2.19. The molecule has 4 rings (SSSR count). The number of carbonyl (C=O) groups excluding carboxylic acids is 1. The van der Waals surface area contributed by atoms with Crippen molar-refractivity contribution in [1.82, 2.24) is 10.3 Å². The number of anilines is 1. The average molecular weight is 432 g/mol. The van der Waals surface area contributed by atoms with Gasteiger partial charge in [0.2, 0.25) is 5.91 Å². The van der Waals surface area contributed by atoms with Gasteiger partial charge < -0.3 is 20.1 Å². The van der Waals surface area contributed by atoms with Gasteiger partial charge in [0.15, 0.2) is 0 Å². The van der Waals surface area contributed by atoms with E-state index in [1.807, 2.05) is 36.4 Å². The van der Waals surface area contributed by atoms with Crippen LogP contribution in [-0.4, -0.2) is 36.8 Å². The number of amides is 1. The number of nitrogens with zero attached hydrogens (tertiary/aromatic N) is 1. The first kappa shape index (κ1) is 22.0. The molecule has 1 saturated heterocycles. The first-order valence-electron chi connectivity index (χ1n) is 11.0. The van der Waals surface area contributed by atoms with E-state index in [9.17, 15) is 4.79 Å². The van der Waals surface area contributed by atoms with E-state index < -0.39 is 6.04 Å². The topological polar surface area (TPSA) is 72.5 Å². The largest absolute Gasteiger partial charge is 0.486 e. The molecule has 1 aliphatic rings. The fourth-order valence-corrected chi connectivity index (χ4v) is 3.64. The van der Waals surface area contributed by atoms with Crippen molar-refractivity contribution in [3.63, 3.8) is 0 Å². The Hall–Kier alpha value is -3.22. The second-order valence-corrected chi connectivity index (χ2v) is 8.01. The van der Waals surface area contributed by atoms with Gasteiger partial charge in [0.05, 0.1) is 19.4 Å². The number of nitrogens with one attached hydrogen (secondary N) is 2. The lowest BCUT2D eigenvalue weighted by atomic mass is 10.1. The molecule has 1 amide bonds. The summed E-state index contributed by atoms with van der Waals surface area (Å²) >= 11 is 0. The second-order valence-electron chi connectivity index (χ2n) is 8.01. The molecule has 2 heterocycles. The normalized spacial score (nSPS) is 16.5. The van der Waals surface area contributed by atoms with E-state index in [1.165, 1.54) is 11.1 Å². The summed E-state index contributed by atoms with van der Waals surface area (Å²) in [4.78, 5) is 17.4. The van der Waals surface area contributed by atoms with Crippen LogP contribution in [0.5, 0.6) is 5.75 Å². The molecule has 0 bridgehead atoms. The maximum Gasteiger partial charge on any atom is 0.247 e. The van der Waals surface area contributed by atoms with E-state index in [4.69, 9.17) is 9.47 Å². The number of aryl methyl sites for hydroxylation is 1. The lowest BCUT2D eigenvalue weighted by Gasteiger charge is -2.19. The Morgan fingerprint density at radius 2 is 1.94 bits per heavy atom. The summed E-state index contributed by atoms with van der Waals surface area (Å²) in [6.07, 6.45) is 3.42. The monoisotopic (exact) mass is 431 g/mol. The van der Waals surface area contributed by atoms with Crippen molar-refractivity contribution in [2.24, 2.45) is 0 Å². The Morgan fingerprint density at radius 1 is 1.12 bits per heavy atom. The average Bonchev–Trinajstić information content (AvgIpc) is 3.33. The van der Waals surface area contributed by atoms with Crippen molar-refractivity contribution >= 4 is 11.7 Å². The van der Waals surface area contributed by atoms with E-state index in [0.717, 1.165) is 25.0 Å². The van der Waals surface area contributed by atoms with Crippen LogP contribution in [0.15, 0.2) is 72.9 Å². The molecule has 166 valence electrons. The maximum atomic E-state index is 13.1. The fourth-order valence-electron chi connectivity index (χ4n) is 3.64. The third-order valence-corrected chi connectivity index (χ3v) is 5.46. The Morgan fingerprint density at radius 3 is 2.62 bits per heavy atom. The summed E-state index contributed by atoms with van der Waals surface area (Å²) in [5.41, 5.74) is 3.39. The van der Waals surface area contributed by atoms with Gasteiger partial charge in [-0.3, -0.25) is 4.79 Å². The lowest BCUT2D eigenvalue weighted by Crippen LogP contribution is -2.34. The Balaban J connectivity index is 1.37. The molecule has 2 aromatic carbocycles. The van der Waals surface area contributed by atoms with Crippen LogP contribution in [0, 0.1) is 6.92 Å². The zero-order valence-electron chi connectivity index (χ0n) is 18.3. The molecule has 1 aliphatic heterocycles. The number of hydrogen-bond donors (Lipinski definition) is 2. The molecule has 1 fully saturated rings. The van der Waals surface area contributed by atoms with Gasteiger partial charge in [0, 0.05) is 13.0 Å². The van der Waals surface area contributed by atoms with E-state index in [0.29, 0.717) is 24.7 Å². The standard InChI is InChI=1S/C26H29N3O3/c1-19-7-9-20(10-8-19)13-15-27-25(21-5-3-2-4-6-21)26(30)29-24-12-11-22(17-28-24)32-23-14-16-31-18-23/h2-12,17,23,25,27H,13-16,18H2,1H3,(H,28,29,30)/t23?,25-/m1/s1. The highest BCUT2D eigenvalue weighted by molar-refractivity contribution is 5.94. The van der Waals surface area contributed by atoms with E-state index >= 15 is 0 Å². The number of benzene rings is 2. The van der Waals surface area contributed by atoms with Crippen LogP contribution < -0.4 is 15.4 Å². The summed E-state index contributed by atoms with van der Waals surface area (Å²) in [6, 6.07) is 21.3. The van der Waals surface area contributed by atoms with Crippen molar-refractivity contribution in [3.8, 4) is 5.75 Å². The minimum Gasteiger partial charge on any atom is -0.486 e. The molecule has 1 aromatic heterocycles. The van der Waals surface area contributed by atoms with Gasteiger partial charge in [-0.2, -0.15) is 0 Å². The summed E-state index contributed by atoms with van der Waals surface area (Å²) in [6.45, 7) is 4.09.